The normalized spacial score (nSPS) is 18.4. The van der Waals surface area contributed by atoms with Crippen molar-refractivity contribution in [3.05, 3.63) is 15.9 Å². The summed E-state index contributed by atoms with van der Waals surface area (Å²) in [4.78, 5) is 2.62. The van der Waals surface area contributed by atoms with E-state index in [4.69, 9.17) is 0 Å². The third-order valence-electron chi connectivity index (χ3n) is 5.02. The van der Waals surface area contributed by atoms with Gasteiger partial charge < -0.3 is 5.32 Å². The average Bonchev–Trinajstić information content (AvgIpc) is 3.06. The van der Waals surface area contributed by atoms with Crippen LogP contribution in [0.25, 0.3) is 0 Å². The summed E-state index contributed by atoms with van der Waals surface area (Å²) < 4.78 is 3.22. The highest BCUT2D eigenvalue weighted by Gasteiger charge is 2.36. The summed E-state index contributed by atoms with van der Waals surface area (Å²) in [6.45, 7) is 9.32. The minimum atomic E-state index is 0.154. The van der Waals surface area contributed by atoms with E-state index in [0.29, 0.717) is 6.04 Å². The number of likely N-dealkylation sites (N-methyl/N-ethyl adjacent to an activating group) is 1. The van der Waals surface area contributed by atoms with Crippen LogP contribution in [0.3, 0.4) is 0 Å². The number of hydrogen-bond donors (Lipinski definition) is 1. The van der Waals surface area contributed by atoms with Crippen molar-refractivity contribution in [1.29, 1.82) is 0 Å². The van der Waals surface area contributed by atoms with Gasteiger partial charge in [-0.05, 0) is 69.2 Å². The molecule has 1 saturated heterocycles. The summed E-state index contributed by atoms with van der Waals surface area (Å²) >= 11 is 3.75. The van der Waals surface area contributed by atoms with Crippen LogP contribution in [-0.4, -0.2) is 46.4 Å². The van der Waals surface area contributed by atoms with Crippen molar-refractivity contribution in [1.82, 2.24) is 20.0 Å². The van der Waals surface area contributed by atoms with Crippen LogP contribution >= 0.6 is 15.9 Å². The van der Waals surface area contributed by atoms with E-state index in [1.807, 2.05) is 4.68 Å². The molecule has 1 atom stereocenters. The van der Waals surface area contributed by atoms with E-state index in [9.17, 15) is 0 Å². The van der Waals surface area contributed by atoms with E-state index in [-0.39, 0.29) is 5.54 Å². The highest BCUT2D eigenvalue weighted by atomic mass is 79.9. The Morgan fingerprint density at radius 2 is 1.95 bits per heavy atom. The van der Waals surface area contributed by atoms with Crippen LogP contribution in [0.2, 0.25) is 0 Å². The molecular weight excluding hydrogens is 328 g/mol. The van der Waals surface area contributed by atoms with Crippen molar-refractivity contribution in [2.45, 2.75) is 58.0 Å². The molecule has 0 aromatic carbocycles. The van der Waals surface area contributed by atoms with Crippen LogP contribution in [0, 0.1) is 0 Å². The molecule has 0 bridgehead atoms. The lowest BCUT2D eigenvalue weighted by molar-refractivity contribution is 0.109. The molecule has 1 aliphatic rings. The molecule has 4 nitrogen and oxygen atoms in total. The first-order chi connectivity index (χ1) is 9.91. The Bertz CT molecular complexity index is 475. The van der Waals surface area contributed by atoms with E-state index in [1.165, 1.54) is 36.1 Å². The van der Waals surface area contributed by atoms with Crippen LogP contribution in [-0.2, 0) is 19.9 Å². The molecule has 2 heterocycles. The quantitative estimate of drug-likeness (QED) is 0.850. The van der Waals surface area contributed by atoms with Crippen molar-refractivity contribution in [3.63, 3.8) is 0 Å². The highest BCUT2D eigenvalue weighted by molar-refractivity contribution is 9.10. The molecule has 2 rings (SSSR count). The van der Waals surface area contributed by atoms with Crippen LogP contribution in [0.4, 0.5) is 0 Å². The molecule has 5 heteroatoms. The van der Waals surface area contributed by atoms with Crippen LogP contribution in [0.5, 0.6) is 0 Å². The molecule has 1 N–H and O–H groups in total. The van der Waals surface area contributed by atoms with Gasteiger partial charge in [-0.15, -0.1) is 0 Å². The molecule has 0 amide bonds. The van der Waals surface area contributed by atoms with E-state index in [1.54, 1.807) is 0 Å². The largest absolute Gasteiger partial charge is 0.315 e. The fourth-order valence-electron chi connectivity index (χ4n) is 3.45. The van der Waals surface area contributed by atoms with Crippen molar-refractivity contribution in [2.75, 3.05) is 20.1 Å². The van der Waals surface area contributed by atoms with E-state index < -0.39 is 0 Å². The zero-order valence-electron chi connectivity index (χ0n) is 14.0. The zero-order valence-corrected chi connectivity index (χ0v) is 15.6. The summed E-state index contributed by atoms with van der Waals surface area (Å²) in [5.41, 5.74) is 2.60. The van der Waals surface area contributed by atoms with Crippen molar-refractivity contribution >= 4 is 15.9 Å². The Kier molecular flexibility index (Phi) is 5.49. The van der Waals surface area contributed by atoms with Gasteiger partial charge >= 0.3 is 0 Å². The van der Waals surface area contributed by atoms with Gasteiger partial charge in [0.1, 0.15) is 0 Å². The Morgan fingerprint density at radius 3 is 2.43 bits per heavy atom. The molecule has 1 aromatic rings. The monoisotopic (exact) mass is 356 g/mol. The average molecular weight is 357 g/mol. The number of nitrogens with one attached hydrogen (secondary N) is 1. The second-order valence-corrected chi connectivity index (χ2v) is 7.37. The molecule has 0 saturated carbocycles. The number of aromatic nitrogens is 2. The Hall–Kier alpha value is -0.390. The minimum Gasteiger partial charge on any atom is -0.315 e. The van der Waals surface area contributed by atoms with Gasteiger partial charge in [0, 0.05) is 25.0 Å². The molecule has 1 unspecified atom stereocenters. The maximum Gasteiger partial charge on any atom is 0.0766 e. The summed E-state index contributed by atoms with van der Waals surface area (Å²) in [7, 11) is 4.13. The second-order valence-electron chi connectivity index (χ2n) is 6.58. The van der Waals surface area contributed by atoms with Crippen molar-refractivity contribution in [2.24, 2.45) is 7.05 Å². The lowest BCUT2D eigenvalue weighted by Gasteiger charge is -2.42. The Balaban J connectivity index is 2.20. The lowest BCUT2D eigenvalue weighted by atomic mass is 9.89. The number of nitrogens with zero attached hydrogens (tertiary/aromatic N) is 3. The summed E-state index contributed by atoms with van der Waals surface area (Å²) in [5, 5.41) is 8.17. The van der Waals surface area contributed by atoms with Gasteiger partial charge in [-0.3, -0.25) is 9.58 Å². The maximum atomic E-state index is 4.62. The van der Waals surface area contributed by atoms with Crippen LogP contribution in [0.1, 0.15) is 45.0 Å². The fraction of sp³-hybridized carbons (Fsp3) is 0.812. The Morgan fingerprint density at radius 1 is 1.33 bits per heavy atom. The number of aryl methyl sites for hydroxylation is 2. The highest BCUT2D eigenvalue weighted by Crippen LogP contribution is 2.29. The number of hydrogen-bond acceptors (Lipinski definition) is 3. The fourth-order valence-corrected chi connectivity index (χ4v) is 4.23. The standard InChI is InChI=1S/C16H29BrN4/c1-6-12-15(17)13(20(5)19-12)11-14(18-4)16(2,3)21-9-7-8-10-21/h14,18H,6-11H2,1-5H3. The first kappa shape index (κ1) is 17.0. The van der Waals surface area contributed by atoms with Gasteiger partial charge in [-0.25, -0.2) is 0 Å². The van der Waals surface area contributed by atoms with Gasteiger partial charge in [-0.1, -0.05) is 6.92 Å². The molecule has 21 heavy (non-hydrogen) atoms. The first-order valence-electron chi connectivity index (χ1n) is 8.04. The molecule has 0 spiro atoms. The third-order valence-corrected chi connectivity index (χ3v) is 5.94. The van der Waals surface area contributed by atoms with Gasteiger partial charge in [0.2, 0.25) is 0 Å². The van der Waals surface area contributed by atoms with E-state index >= 15 is 0 Å². The number of likely N-dealkylation sites (tertiary alicyclic amines) is 1. The van der Waals surface area contributed by atoms with Gasteiger partial charge in [0.25, 0.3) is 0 Å². The zero-order chi connectivity index (χ0) is 15.6. The predicted octanol–water partition coefficient (Wildman–Crippen LogP) is 2.75. The molecule has 0 aliphatic carbocycles. The third kappa shape index (κ3) is 3.35. The summed E-state index contributed by atoms with van der Waals surface area (Å²) in [6.07, 6.45) is 4.61. The number of halogens is 1. The van der Waals surface area contributed by atoms with Gasteiger partial charge in [0.05, 0.1) is 15.9 Å². The van der Waals surface area contributed by atoms with Gasteiger partial charge in [0.15, 0.2) is 0 Å². The summed E-state index contributed by atoms with van der Waals surface area (Å²) in [5.74, 6) is 0. The molecule has 1 aliphatic heterocycles. The molecule has 1 fully saturated rings. The smallest absolute Gasteiger partial charge is 0.0766 e. The van der Waals surface area contributed by atoms with Crippen molar-refractivity contribution in [3.8, 4) is 0 Å². The van der Waals surface area contributed by atoms with Gasteiger partial charge in [-0.2, -0.15) is 5.10 Å². The molecule has 120 valence electrons. The predicted molar refractivity (Wildman–Crippen MR) is 91.7 cm³/mol. The van der Waals surface area contributed by atoms with Crippen LogP contribution in [0.15, 0.2) is 4.47 Å². The second kappa shape index (κ2) is 6.80. The first-order valence-corrected chi connectivity index (χ1v) is 8.83. The van der Waals surface area contributed by atoms with Crippen LogP contribution < -0.4 is 5.32 Å². The SMILES string of the molecule is CCc1nn(C)c(CC(NC)C(C)(C)N2CCCC2)c1Br. The molecule has 0 radical (unpaired) electrons. The van der Waals surface area contributed by atoms with E-state index in [2.05, 4.69) is 66.1 Å². The summed E-state index contributed by atoms with van der Waals surface area (Å²) in [6, 6.07) is 0.409. The Labute approximate surface area is 137 Å². The van der Waals surface area contributed by atoms with E-state index in [0.717, 1.165) is 18.5 Å². The molecule has 1 aromatic heterocycles. The van der Waals surface area contributed by atoms with Crippen molar-refractivity contribution < 1.29 is 0 Å². The molecular formula is C16H29BrN4. The minimum absolute atomic E-state index is 0.154. The lowest BCUT2D eigenvalue weighted by Crippen LogP contribution is -2.57. The number of rotatable bonds is 6. The maximum absolute atomic E-state index is 4.62. The topological polar surface area (TPSA) is 33.1 Å².